The molecule has 0 saturated heterocycles. The minimum Gasteiger partial charge on any atom is -0.462 e. The molecule has 0 aromatic carbocycles. The van der Waals surface area contributed by atoms with E-state index < -0.39 is 32.5 Å². The summed E-state index contributed by atoms with van der Waals surface area (Å²) in [6.07, 6.45) is 49.6. The summed E-state index contributed by atoms with van der Waals surface area (Å²) < 4.78 is 32.8. The summed E-state index contributed by atoms with van der Waals surface area (Å²) in [5.74, 6) is -0.863. The molecule has 0 saturated carbocycles. The quantitative estimate of drug-likeness (QED) is 0.0268. The average Bonchev–Trinajstić information content (AvgIpc) is 3.18. The Bertz CT molecular complexity index is 1100. The lowest BCUT2D eigenvalue weighted by molar-refractivity contribution is -0.161. The summed E-state index contributed by atoms with van der Waals surface area (Å²) in [6, 6.07) is 0. The van der Waals surface area contributed by atoms with E-state index in [0.717, 1.165) is 83.5 Å². The van der Waals surface area contributed by atoms with Gasteiger partial charge in [0, 0.05) is 19.4 Å². The molecule has 0 spiro atoms. The Labute approximate surface area is 342 Å². The highest BCUT2D eigenvalue weighted by Gasteiger charge is 2.26. The standard InChI is InChI=1S/C46H82NO8P/c1-3-5-7-9-11-13-15-17-19-21-23-24-26-28-30-32-34-36-38-45(48)52-42-44(43-54-56(50,51)53-41-40-47)55-46(49)39-37-35-33-31-29-27-25-22-20-18-16-14-12-10-8-6-4-2/h6,8,12,14,18-21,25,27,44H,3-5,7,9-11,13,15-17,22-24,26,28-43,47H2,1-2H3,(H,50,51)/b8-6-,14-12-,20-18-,21-19-,27-25-. The summed E-state index contributed by atoms with van der Waals surface area (Å²) in [5, 5.41) is 0. The molecule has 3 N–H and O–H groups in total. The lowest BCUT2D eigenvalue weighted by atomic mass is 10.1. The first-order chi connectivity index (χ1) is 27.3. The lowest BCUT2D eigenvalue weighted by Crippen LogP contribution is -2.29. The number of hydrogen-bond acceptors (Lipinski definition) is 8. The Morgan fingerprint density at radius 3 is 1.48 bits per heavy atom. The summed E-state index contributed by atoms with van der Waals surface area (Å²) in [4.78, 5) is 34.9. The molecule has 0 aliphatic carbocycles. The minimum atomic E-state index is -4.39. The first kappa shape index (κ1) is 53.7. The molecule has 2 unspecified atom stereocenters. The first-order valence-corrected chi connectivity index (χ1v) is 23.8. The van der Waals surface area contributed by atoms with Crippen molar-refractivity contribution in [1.29, 1.82) is 0 Å². The fourth-order valence-electron chi connectivity index (χ4n) is 5.85. The molecular formula is C46H82NO8P. The van der Waals surface area contributed by atoms with E-state index in [0.29, 0.717) is 6.42 Å². The van der Waals surface area contributed by atoms with Gasteiger partial charge in [-0.05, 0) is 77.0 Å². The van der Waals surface area contributed by atoms with Crippen LogP contribution in [0.5, 0.6) is 0 Å². The van der Waals surface area contributed by atoms with Crippen LogP contribution in [0.4, 0.5) is 0 Å². The largest absolute Gasteiger partial charge is 0.472 e. The van der Waals surface area contributed by atoms with Crippen LogP contribution in [0, 0.1) is 0 Å². The number of esters is 2. The van der Waals surface area contributed by atoms with Crippen molar-refractivity contribution in [2.24, 2.45) is 5.73 Å². The topological polar surface area (TPSA) is 134 Å². The Balaban J connectivity index is 4.19. The number of nitrogens with two attached hydrogens (primary N) is 1. The Morgan fingerprint density at radius 2 is 0.982 bits per heavy atom. The Hall–Kier alpha value is -2.29. The molecule has 2 atom stereocenters. The predicted molar refractivity (Wildman–Crippen MR) is 233 cm³/mol. The predicted octanol–water partition coefficient (Wildman–Crippen LogP) is 12.9. The average molecular weight is 808 g/mol. The highest BCUT2D eigenvalue weighted by Crippen LogP contribution is 2.43. The third-order valence-electron chi connectivity index (χ3n) is 9.14. The molecule has 0 amide bonds. The molecule has 56 heavy (non-hydrogen) atoms. The van der Waals surface area contributed by atoms with Gasteiger partial charge in [-0.25, -0.2) is 4.57 Å². The van der Waals surface area contributed by atoms with Gasteiger partial charge in [0.2, 0.25) is 0 Å². The van der Waals surface area contributed by atoms with Gasteiger partial charge in [-0.1, -0.05) is 158 Å². The number of carbonyl (C=O) groups is 2. The van der Waals surface area contributed by atoms with Crippen LogP contribution in [0.15, 0.2) is 60.8 Å². The number of phosphoric ester groups is 1. The molecule has 0 fully saturated rings. The molecule has 0 aromatic heterocycles. The molecule has 0 aliphatic rings. The molecule has 9 nitrogen and oxygen atoms in total. The Morgan fingerprint density at radius 1 is 0.554 bits per heavy atom. The number of phosphoric acid groups is 1. The van der Waals surface area contributed by atoms with Gasteiger partial charge in [0.25, 0.3) is 0 Å². The number of ether oxygens (including phenoxy) is 2. The zero-order valence-electron chi connectivity index (χ0n) is 35.6. The van der Waals surface area contributed by atoms with Crippen molar-refractivity contribution >= 4 is 19.8 Å². The van der Waals surface area contributed by atoms with Crippen molar-refractivity contribution in [3.63, 3.8) is 0 Å². The second-order valence-electron chi connectivity index (χ2n) is 14.5. The van der Waals surface area contributed by atoms with Gasteiger partial charge >= 0.3 is 19.8 Å². The van der Waals surface area contributed by atoms with Gasteiger partial charge in [-0.15, -0.1) is 0 Å². The molecule has 0 bridgehead atoms. The Kier molecular flexibility index (Phi) is 40.6. The van der Waals surface area contributed by atoms with Crippen molar-refractivity contribution in [2.75, 3.05) is 26.4 Å². The van der Waals surface area contributed by atoms with Crippen molar-refractivity contribution in [3.05, 3.63) is 60.8 Å². The molecule has 0 heterocycles. The van der Waals surface area contributed by atoms with Crippen molar-refractivity contribution in [2.45, 2.75) is 193 Å². The number of hydrogen-bond donors (Lipinski definition) is 2. The summed E-state index contributed by atoms with van der Waals surface area (Å²) in [5.41, 5.74) is 5.35. The smallest absolute Gasteiger partial charge is 0.462 e. The fourth-order valence-corrected chi connectivity index (χ4v) is 6.62. The summed E-state index contributed by atoms with van der Waals surface area (Å²) in [7, 11) is -4.39. The van der Waals surface area contributed by atoms with Gasteiger partial charge in [-0.2, -0.15) is 0 Å². The van der Waals surface area contributed by atoms with Crippen LogP contribution in [-0.2, 0) is 32.7 Å². The maximum Gasteiger partial charge on any atom is 0.472 e. The molecule has 324 valence electrons. The van der Waals surface area contributed by atoms with E-state index in [1.807, 2.05) is 0 Å². The fraction of sp³-hybridized carbons (Fsp3) is 0.739. The highest BCUT2D eigenvalue weighted by atomic mass is 31.2. The maximum atomic E-state index is 12.6. The number of carbonyl (C=O) groups excluding carboxylic acids is 2. The van der Waals surface area contributed by atoms with E-state index in [9.17, 15) is 19.0 Å². The molecule has 10 heteroatoms. The van der Waals surface area contributed by atoms with Crippen LogP contribution in [-0.4, -0.2) is 49.3 Å². The molecule has 0 aromatic rings. The normalized spacial score (nSPS) is 13.9. The number of rotatable bonds is 41. The van der Waals surface area contributed by atoms with Gasteiger partial charge in [0.1, 0.15) is 6.61 Å². The summed E-state index contributed by atoms with van der Waals surface area (Å²) >= 11 is 0. The third-order valence-corrected chi connectivity index (χ3v) is 10.1. The van der Waals surface area contributed by atoms with E-state index in [2.05, 4.69) is 74.6 Å². The number of unbranched alkanes of at least 4 members (excludes halogenated alkanes) is 18. The molecule has 0 radical (unpaired) electrons. The van der Waals surface area contributed by atoms with E-state index in [-0.39, 0.29) is 32.6 Å². The molecular weight excluding hydrogens is 725 g/mol. The van der Waals surface area contributed by atoms with Crippen LogP contribution in [0.3, 0.4) is 0 Å². The van der Waals surface area contributed by atoms with Crippen molar-refractivity contribution in [3.8, 4) is 0 Å². The van der Waals surface area contributed by atoms with Crippen molar-refractivity contribution in [1.82, 2.24) is 0 Å². The second kappa shape index (κ2) is 42.3. The van der Waals surface area contributed by atoms with E-state index in [1.54, 1.807) is 0 Å². The van der Waals surface area contributed by atoms with Crippen LogP contribution < -0.4 is 5.73 Å². The van der Waals surface area contributed by atoms with Crippen LogP contribution in [0.25, 0.3) is 0 Å². The monoisotopic (exact) mass is 808 g/mol. The van der Waals surface area contributed by atoms with Gasteiger partial charge < -0.3 is 20.1 Å². The second-order valence-corrected chi connectivity index (χ2v) is 16.0. The van der Waals surface area contributed by atoms with Crippen molar-refractivity contribution < 1.29 is 37.6 Å². The van der Waals surface area contributed by atoms with Gasteiger partial charge in [-0.3, -0.25) is 18.6 Å². The first-order valence-electron chi connectivity index (χ1n) is 22.3. The lowest BCUT2D eigenvalue weighted by Gasteiger charge is -2.19. The van der Waals surface area contributed by atoms with Crippen LogP contribution in [0.1, 0.15) is 187 Å². The van der Waals surface area contributed by atoms with Crippen LogP contribution >= 0.6 is 7.82 Å². The van der Waals surface area contributed by atoms with E-state index >= 15 is 0 Å². The molecule has 0 rings (SSSR count). The highest BCUT2D eigenvalue weighted by molar-refractivity contribution is 7.47. The SMILES string of the molecule is CC/C=C\C/C=C\C/C=C\C/C=C\CCCCCCC(=O)OC(COC(=O)CCCCCCCCC/C=C\CCCCCCCCC)COP(=O)(O)OCCN. The van der Waals surface area contributed by atoms with E-state index in [1.165, 1.54) is 70.6 Å². The zero-order chi connectivity index (χ0) is 41.1. The van der Waals surface area contributed by atoms with Gasteiger partial charge in [0.05, 0.1) is 13.2 Å². The van der Waals surface area contributed by atoms with Gasteiger partial charge in [0.15, 0.2) is 6.10 Å². The van der Waals surface area contributed by atoms with Crippen LogP contribution in [0.2, 0.25) is 0 Å². The number of allylic oxidation sites excluding steroid dienone is 10. The third kappa shape index (κ3) is 41.3. The summed E-state index contributed by atoms with van der Waals surface area (Å²) in [6.45, 7) is 3.58. The minimum absolute atomic E-state index is 0.0460. The van der Waals surface area contributed by atoms with E-state index in [4.69, 9.17) is 24.3 Å². The zero-order valence-corrected chi connectivity index (χ0v) is 36.5. The molecule has 0 aliphatic heterocycles. The maximum absolute atomic E-state index is 12.6.